The molecule has 90 valence electrons. The third-order valence-corrected chi connectivity index (χ3v) is 3.37. The number of ether oxygens (including phenoxy) is 1. The van der Waals surface area contributed by atoms with Gasteiger partial charge in [-0.15, -0.1) is 0 Å². The molecule has 0 heterocycles. The van der Waals surface area contributed by atoms with Crippen molar-refractivity contribution in [3.8, 4) is 0 Å². The third-order valence-electron chi connectivity index (χ3n) is 3.37. The summed E-state index contributed by atoms with van der Waals surface area (Å²) >= 11 is 0. The van der Waals surface area contributed by atoms with Crippen LogP contribution < -0.4 is 0 Å². The van der Waals surface area contributed by atoms with Gasteiger partial charge in [0, 0.05) is 5.57 Å². The van der Waals surface area contributed by atoms with Gasteiger partial charge in [-0.25, -0.2) is 4.79 Å². The summed E-state index contributed by atoms with van der Waals surface area (Å²) in [5.41, 5.74) is 5.71. The Morgan fingerprint density at radius 3 is 2.71 bits per heavy atom. The first-order valence-electron chi connectivity index (χ1n) is 6.01. The van der Waals surface area contributed by atoms with Crippen molar-refractivity contribution in [3.63, 3.8) is 0 Å². The van der Waals surface area contributed by atoms with E-state index in [9.17, 15) is 4.79 Å². The number of carbonyl (C=O) groups excluding carboxylic acids is 1. The first kappa shape index (κ1) is 11.9. The molecule has 0 spiro atoms. The van der Waals surface area contributed by atoms with E-state index in [2.05, 4.69) is 32.0 Å². The lowest BCUT2D eigenvalue weighted by molar-refractivity contribution is -0.136. The van der Waals surface area contributed by atoms with E-state index < -0.39 is 0 Å². The van der Waals surface area contributed by atoms with E-state index in [-0.39, 0.29) is 5.97 Å². The number of aryl methyl sites for hydroxylation is 2. The van der Waals surface area contributed by atoms with Crippen LogP contribution in [0.25, 0.3) is 5.57 Å². The van der Waals surface area contributed by atoms with Gasteiger partial charge < -0.3 is 4.74 Å². The molecule has 2 nitrogen and oxygen atoms in total. The van der Waals surface area contributed by atoms with Crippen LogP contribution in [0.15, 0.2) is 23.8 Å². The Balaban J connectivity index is 2.51. The van der Waals surface area contributed by atoms with E-state index in [0.717, 1.165) is 24.8 Å². The fourth-order valence-corrected chi connectivity index (χ4v) is 2.45. The average Bonchev–Trinajstić information content (AvgIpc) is 2.80. The lowest BCUT2D eigenvalue weighted by atomic mass is 9.96. The molecule has 0 atom stereocenters. The topological polar surface area (TPSA) is 26.3 Å². The molecule has 0 saturated carbocycles. The van der Waals surface area contributed by atoms with Crippen molar-refractivity contribution in [2.75, 3.05) is 7.11 Å². The summed E-state index contributed by atoms with van der Waals surface area (Å²) in [4.78, 5) is 11.7. The van der Waals surface area contributed by atoms with Crippen molar-refractivity contribution in [2.45, 2.75) is 33.1 Å². The molecule has 2 rings (SSSR count). The molecule has 1 aliphatic carbocycles. The minimum Gasteiger partial charge on any atom is -0.466 e. The molecule has 0 amide bonds. The second-order valence-corrected chi connectivity index (χ2v) is 4.62. The lowest BCUT2D eigenvalue weighted by Crippen LogP contribution is -2.04. The Labute approximate surface area is 102 Å². The van der Waals surface area contributed by atoms with E-state index in [1.165, 1.54) is 29.4 Å². The Morgan fingerprint density at radius 1 is 1.24 bits per heavy atom. The zero-order valence-electron chi connectivity index (χ0n) is 10.7. The van der Waals surface area contributed by atoms with Gasteiger partial charge in [0.05, 0.1) is 7.11 Å². The highest BCUT2D eigenvalue weighted by Gasteiger charge is 2.23. The number of allylic oxidation sites excluding steroid dienone is 1. The van der Waals surface area contributed by atoms with Crippen molar-refractivity contribution in [1.29, 1.82) is 0 Å². The largest absolute Gasteiger partial charge is 0.466 e. The summed E-state index contributed by atoms with van der Waals surface area (Å²) in [5.74, 6) is -0.168. The van der Waals surface area contributed by atoms with Gasteiger partial charge in [0.25, 0.3) is 0 Å². The summed E-state index contributed by atoms with van der Waals surface area (Å²) in [6, 6.07) is 6.38. The fraction of sp³-hybridized carbons (Fsp3) is 0.400. The number of carbonyl (C=O) groups is 1. The standard InChI is InChI=1S/C15H18O2/c1-10-7-8-11(2)14(9-10)12-5-4-6-13(12)15(16)17-3/h7-9H,4-6H2,1-3H3. The zero-order valence-corrected chi connectivity index (χ0v) is 10.7. The second kappa shape index (κ2) is 4.74. The fourth-order valence-electron chi connectivity index (χ4n) is 2.45. The minimum atomic E-state index is -0.168. The molecule has 0 unspecified atom stereocenters. The van der Waals surface area contributed by atoms with Crippen molar-refractivity contribution < 1.29 is 9.53 Å². The number of rotatable bonds is 2. The highest BCUT2D eigenvalue weighted by atomic mass is 16.5. The normalized spacial score (nSPS) is 15.2. The van der Waals surface area contributed by atoms with Crippen LogP contribution in [0.3, 0.4) is 0 Å². The summed E-state index contributed by atoms with van der Waals surface area (Å²) in [5, 5.41) is 0. The molecule has 1 aromatic carbocycles. The molecule has 0 bridgehead atoms. The smallest absolute Gasteiger partial charge is 0.334 e. The monoisotopic (exact) mass is 230 g/mol. The highest BCUT2D eigenvalue weighted by molar-refractivity contribution is 5.99. The molecule has 0 aliphatic heterocycles. The van der Waals surface area contributed by atoms with Gasteiger partial charge in [0.2, 0.25) is 0 Å². The molecule has 17 heavy (non-hydrogen) atoms. The average molecular weight is 230 g/mol. The molecular formula is C15H18O2. The van der Waals surface area contributed by atoms with Gasteiger partial charge in [-0.3, -0.25) is 0 Å². The molecule has 0 aromatic heterocycles. The number of hydrogen-bond donors (Lipinski definition) is 0. The lowest BCUT2D eigenvalue weighted by Gasteiger charge is -2.10. The molecule has 0 radical (unpaired) electrons. The molecule has 0 saturated heterocycles. The molecule has 2 heteroatoms. The third kappa shape index (κ3) is 2.26. The molecular weight excluding hydrogens is 212 g/mol. The van der Waals surface area contributed by atoms with Gasteiger partial charge in [0.1, 0.15) is 0 Å². The summed E-state index contributed by atoms with van der Waals surface area (Å²) in [7, 11) is 1.45. The van der Waals surface area contributed by atoms with Crippen LogP contribution in [0.2, 0.25) is 0 Å². The highest BCUT2D eigenvalue weighted by Crippen LogP contribution is 2.36. The van der Waals surface area contributed by atoms with Gasteiger partial charge in [-0.1, -0.05) is 23.8 Å². The summed E-state index contributed by atoms with van der Waals surface area (Å²) in [6.07, 6.45) is 2.87. The van der Waals surface area contributed by atoms with Gasteiger partial charge in [-0.05, 0) is 49.8 Å². The molecule has 0 fully saturated rings. The van der Waals surface area contributed by atoms with Crippen LogP contribution in [0.4, 0.5) is 0 Å². The van der Waals surface area contributed by atoms with E-state index in [4.69, 9.17) is 4.74 Å². The van der Waals surface area contributed by atoms with Crippen molar-refractivity contribution in [1.82, 2.24) is 0 Å². The maximum absolute atomic E-state index is 11.7. The van der Waals surface area contributed by atoms with Crippen LogP contribution in [-0.4, -0.2) is 13.1 Å². The Kier molecular flexibility index (Phi) is 3.32. The van der Waals surface area contributed by atoms with E-state index >= 15 is 0 Å². The predicted octanol–water partition coefficient (Wildman–Crippen LogP) is 3.41. The Hall–Kier alpha value is -1.57. The van der Waals surface area contributed by atoms with Gasteiger partial charge in [0.15, 0.2) is 0 Å². The zero-order chi connectivity index (χ0) is 12.4. The number of hydrogen-bond acceptors (Lipinski definition) is 2. The Bertz CT molecular complexity index is 484. The maximum atomic E-state index is 11.7. The minimum absolute atomic E-state index is 0.168. The van der Waals surface area contributed by atoms with Crippen LogP contribution in [0, 0.1) is 13.8 Å². The molecule has 1 aromatic rings. The first-order valence-corrected chi connectivity index (χ1v) is 6.01. The predicted molar refractivity (Wildman–Crippen MR) is 68.7 cm³/mol. The number of esters is 1. The quantitative estimate of drug-likeness (QED) is 0.728. The van der Waals surface area contributed by atoms with E-state index in [0.29, 0.717) is 0 Å². The SMILES string of the molecule is COC(=O)C1=C(c2cc(C)ccc2C)CCC1. The van der Waals surface area contributed by atoms with Crippen molar-refractivity contribution >= 4 is 11.5 Å². The summed E-state index contributed by atoms with van der Waals surface area (Å²) in [6.45, 7) is 4.17. The van der Waals surface area contributed by atoms with Gasteiger partial charge >= 0.3 is 5.97 Å². The first-order chi connectivity index (χ1) is 8.13. The van der Waals surface area contributed by atoms with Crippen LogP contribution >= 0.6 is 0 Å². The van der Waals surface area contributed by atoms with Crippen LogP contribution in [0.1, 0.15) is 36.0 Å². The molecule has 0 N–H and O–H groups in total. The van der Waals surface area contributed by atoms with Crippen molar-refractivity contribution in [3.05, 3.63) is 40.5 Å². The second-order valence-electron chi connectivity index (χ2n) is 4.62. The number of methoxy groups -OCH3 is 1. The number of benzene rings is 1. The van der Waals surface area contributed by atoms with Gasteiger partial charge in [-0.2, -0.15) is 0 Å². The van der Waals surface area contributed by atoms with Crippen LogP contribution in [-0.2, 0) is 9.53 Å². The van der Waals surface area contributed by atoms with E-state index in [1.54, 1.807) is 0 Å². The molecule has 1 aliphatic rings. The van der Waals surface area contributed by atoms with E-state index in [1.807, 2.05) is 0 Å². The van der Waals surface area contributed by atoms with Crippen LogP contribution in [0.5, 0.6) is 0 Å². The summed E-state index contributed by atoms with van der Waals surface area (Å²) < 4.78 is 4.86. The maximum Gasteiger partial charge on any atom is 0.334 e. The Morgan fingerprint density at radius 2 is 2.00 bits per heavy atom. The van der Waals surface area contributed by atoms with Crippen molar-refractivity contribution in [2.24, 2.45) is 0 Å².